The molecule has 142 valence electrons. The Balaban J connectivity index is 1.85. The second kappa shape index (κ2) is 9.87. The van der Waals surface area contributed by atoms with Gasteiger partial charge in [-0.05, 0) is 29.3 Å². The minimum absolute atomic E-state index is 0.238. The summed E-state index contributed by atoms with van der Waals surface area (Å²) in [7, 11) is 1.62. The number of nitrogens with one attached hydrogen (secondary N) is 1. The highest BCUT2D eigenvalue weighted by Gasteiger charge is 2.15. The third kappa shape index (κ3) is 5.31. The Morgan fingerprint density at radius 2 is 1.93 bits per heavy atom. The van der Waals surface area contributed by atoms with Crippen LogP contribution in [0.15, 0.2) is 71.6 Å². The van der Waals surface area contributed by atoms with Gasteiger partial charge in [0.2, 0.25) is 5.13 Å². The molecule has 28 heavy (non-hydrogen) atoms. The van der Waals surface area contributed by atoms with E-state index in [1.54, 1.807) is 13.2 Å². The van der Waals surface area contributed by atoms with E-state index in [4.69, 9.17) is 4.74 Å². The van der Waals surface area contributed by atoms with Crippen molar-refractivity contribution in [1.29, 1.82) is 0 Å². The molecule has 0 fully saturated rings. The second-order valence-corrected chi connectivity index (χ2v) is 7.87. The third-order valence-corrected chi connectivity index (χ3v) is 5.68. The van der Waals surface area contributed by atoms with E-state index in [1.807, 2.05) is 60.7 Å². The summed E-state index contributed by atoms with van der Waals surface area (Å²) in [4.78, 5) is 13.0. The lowest BCUT2D eigenvalue weighted by Crippen LogP contribution is -2.13. The lowest BCUT2D eigenvalue weighted by Gasteiger charge is -2.08. The molecule has 1 N–H and O–H groups in total. The summed E-state index contributed by atoms with van der Waals surface area (Å²) in [6.45, 7) is 3.69. The Morgan fingerprint density at radius 1 is 1.18 bits per heavy atom. The Labute approximate surface area is 172 Å². The van der Waals surface area contributed by atoms with Crippen LogP contribution >= 0.6 is 23.1 Å². The van der Waals surface area contributed by atoms with Gasteiger partial charge in [-0.25, -0.2) is 0 Å². The van der Waals surface area contributed by atoms with Crippen molar-refractivity contribution >= 4 is 45.8 Å². The highest BCUT2D eigenvalue weighted by Crippen LogP contribution is 2.27. The van der Waals surface area contributed by atoms with Crippen molar-refractivity contribution in [1.82, 2.24) is 10.2 Å². The molecule has 7 heteroatoms. The summed E-state index contributed by atoms with van der Waals surface area (Å²) < 4.78 is 5.98. The smallest absolute Gasteiger partial charge is 0.258 e. The van der Waals surface area contributed by atoms with Crippen LogP contribution < -0.4 is 10.1 Å². The van der Waals surface area contributed by atoms with Crippen molar-refractivity contribution < 1.29 is 9.53 Å². The van der Waals surface area contributed by atoms with E-state index in [0.29, 0.717) is 10.7 Å². The second-order valence-electron chi connectivity index (χ2n) is 5.62. The van der Waals surface area contributed by atoms with Crippen LogP contribution in [0.4, 0.5) is 5.13 Å². The van der Waals surface area contributed by atoms with Gasteiger partial charge in [-0.3, -0.25) is 10.1 Å². The van der Waals surface area contributed by atoms with E-state index in [0.717, 1.165) is 27.0 Å². The maximum absolute atomic E-state index is 13.0. The minimum atomic E-state index is -0.238. The molecule has 3 rings (SSSR count). The average molecular weight is 410 g/mol. The van der Waals surface area contributed by atoms with E-state index < -0.39 is 0 Å². The third-order valence-electron chi connectivity index (χ3n) is 3.71. The van der Waals surface area contributed by atoms with Crippen molar-refractivity contribution in [2.45, 2.75) is 4.34 Å². The topological polar surface area (TPSA) is 64.1 Å². The number of amides is 1. The molecular weight excluding hydrogens is 390 g/mol. The van der Waals surface area contributed by atoms with E-state index >= 15 is 0 Å². The van der Waals surface area contributed by atoms with E-state index in [1.165, 1.54) is 23.1 Å². The highest BCUT2D eigenvalue weighted by atomic mass is 32.2. The standard InChI is InChI=1S/C21H19N3O2S2/c1-3-13-27-21-24-23-20(28-21)22-19(25)18(16-7-5-4-6-8-16)14-15-9-11-17(26-2)12-10-15/h3-12,14H,1,13H2,2H3,(H,22,23,25)/b18-14+. The number of carbonyl (C=O) groups is 1. The number of rotatable bonds is 8. The Bertz CT molecular complexity index is 967. The predicted molar refractivity (Wildman–Crippen MR) is 117 cm³/mol. The van der Waals surface area contributed by atoms with Crippen LogP contribution in [-0.4, -0.2) is 29.0 Å². The van der Waals surface area contributed by atoms with E-state index in [9.17, 15) is 4.79 Å². The number of nitrogens with zero attached hydrogens (tertiary/aromatic N) is 2. The van der Waals surface area contributed by atoms with E-state index in [-0.39, 0.29) is 5.91 Å². The molecule has 1 amide bonds. The fourth-order valence-corrected chi connectivity index (χ4v) is 3.89. The number of ether oxygens (including phenoxy) is 1. The van der Waals surface area contributed by atoms with Crippen LogP contribution in [0, 0.1) is 0 Å². The largest absolute Gasteiger partial charge is 0.497 e. The van der Waals surface area contributed by atoms with Crippen molar-refractivity contribution in [2.24, 2.45) is 0 Å². The first-order valence-electron chi connectivity index (χ1n) is 8.49. The Morgan fingerprint density at radius 3 is 2.61 bits per heavy atom. The zero-order valence-corrected chi connectivity index (χ0v) is 16.9. The summed E-state index contributed by atoms with van der Waals surface area (Å²) in [6.07, 6.45) is 3.65. The maximum Gasteiger partial charge on any atom is 0.258 e. The quantitative estimate of drug-likeness (QED) is 0.186. The van der Waals surface area contributed by atoms with Crippen LogP contribution in [0.25, 0.3) is 11.6 Å². The number of hydrogen-bond acceptors (Lipinski definition) is 6. The zero-order valence-electron chi connectivity index (χ0n) is 15.3. The molecule has 2 aromatic carbocycles. The summed E-state index contributed by atoms with van der Waals surface area (Å²) in [5, 5.41) is 11.4. The van der Waals surface area contributed by atoms with Gasteiger partial charge in [-0.2, -0.15) is 0 Å². The molecule has 0 saturated carbocycles. The first-order valence-corrected chi connectivity index (χ1v) is 10.3. The van der Waals surface area contributed by atoms with Crippen LogP contribution in [0.2, 0.25) is 0 Å². The summed E-state index contributed by atoms with van der Waals surface area (Å²) >= 11 is 2.87. The SMILES string of the molecule is C=CCSc1nnc(NC(=O)/C(=C/c2ccc(OC)cc2)c2ccccc2)s1. The molecule has 1 aromatic heterocycles. The predicted octanol–water partition coefficient (Wildman–Crippen LogP) is 5.00. The summed E-state index contributed by atoms with van der Waals surface area (Å²) in [5.41, 5.74) is 2.26. The lowest BCUT2D eigenvalue weighted by molar-refractivity contribution is -0.111. The van der Waals surface area contributed by atoms with Gasteiger partial charge < -0.3 is 4.74 Å². The van der Waals surface area contributed by atoms with Crippen molar-refractivity contribution in [3.05, 3.63) is 78.4 Å². The van der Waals surface area contributed by atoms with Crippen molar-refractivity contribution in [3.8, 4) is 5.75 Å². The molecule has 3 aromatic rings. The van der Waals surface area contributed by atoms with Gasteiger partial charge in [-0.15, -0.1) is 16.8 Å². The molecule has 0 aliphatic carbocycles. The van der Waals surface area contributed by atoms with Gasteiger partial charge in [0.15, 0.2) is 4.34 Å². The van der Waals surface area contributed by atoms with Gasteiger partial charge in [0.25, 0.3) is 5.91 Å². The molecule has 5 nitrogen and oxygen atoms in total. The van der Waals surface area contributed by atoms with Crippen LogP contribution in [0.1, 0.15) is 11.1 Å². The van der Waals surface area contributed by atoms with Gasteiger partial charge in [0.1, 0.15) is 5.75 Å². The molecule has 0 aliphatic rings. The highest BCUT2D eigenvalue weighted by molar-refractivity contribution is 8.01. The Hall–Kier alpha value is -2.90. The van der Waals surface area contributed by atoms with Gasteiger partial charge >= 0.3 is 0 Å². The van der Waals surface area contributed by atoms with Crippen LogP contribution in [-0.2, 0) is 4.79 Å². The molecule has 0 saturated heterocycles. The lowest BCUT2D eigenvalue weighted by atomic mass is 10.0. The van der Waals surface area contributed by atoms with E-state index in [2.05, 4.69) is 22.1 Å². The van der Waals surface area contributed by atoms with Gasteiger partial charge in [-0.1, -0.05) is 71.6 Å². The fraction of sp³-hybridized carbons (Fsp3) is 0.0952. The molecule has 1 heterocycles. The minimum Gasteiger partial charge on any atom is -0.497 e. The number of thioether (sulfide) groups is 1. The summed E-state index contributed by atoms with van der Waals surface area (Å²) in [6, 6.07) is 17.1. The zero-order chi connectivity index (χ0) is 19.8. The normalized spacial score (nSPS) is 11.1. The molecule has 0 aliphatic heterocycles. The van der Waals surface area contributed by atoms with Crippen LogP contribution in [0.5, 0.6) is 5.75 Å². The number of carbonyl (C=O) groups excluding carboxylic acids is 1. The maximum atomic E-state index is 13.0. The number of methoxy groups -OCH3 is 1. The fourth-order valence-electron chi connectivity index (χ4n) is 2.38. The van der Waals surface area contributed by atoms with Crippen molar-refractivity contribution in [3.63, 3.8) is 0 Å². The molecular formula is C21H19N3O2S2. The molecule has 0 radical (unpaired) electrons. The number of benzene rings is 2. The molecule has 0 spiro atoms. The molecule has 0 unspecified atom stereocenters. The first kappa shape index (κ1) is 19.9. The van der Waals surface area contributed by atoms with Gasteiger partial charge in [0.05, 0.1) is 7.11 Å². The number of anilines is 1. The average Bonchev–Trinajstić information content (AvgIpc) is 3.18. The number of aromatic nitrogens is 2. The Kier molecular flexibility index (Phi) is 7.00. The monoisotopic (exact) mass is 409 g/mol. The van der Waals surface area contributed by atoms with Gasteiger partial charge in [0, 0.05) is 11.3 Å². The molecule has 0 bridgehead atoms. The molecule has 0 atom stereocenters. The number of hydrogen-bond donors (Lipinski definition) is 1. The van der Waals surface area contributed by atoms with Crippen LogP contribution in [0.3, 0.4) is 0 Å². The first-order chi connectivity index (χ1) is 13.7. The van der Waals surface area contributed by atoms with Crippen molar-refractivity contribution in [2.75, 3.05) is 18.2 Å². The summed E-state index contributed by atoms with van der Waals surface area (Å²) in [5.74, 6) is 1.27.